The molecule has 0 unspecified atom stereocenters. The van der Waals surface area contributed by atoms with Crippen molar-refractivity contribution in [2.75, 3.05) is 0 Å². The number of hydrogen-bond donors (Lipinski definition) is 2. The third kappa shape index (κ3) is 1.15. The highest BCUT2D eigenvalue weighted by atomic mass is 16.3. The predicted molar refractivity (Wildman–Crippen MR) is 53.6 cm³/mol. The summed E-state index contributed by atoms with van der Waals surface area (Å²) in [6, 6.07) is 0.570. The van der Waals surface area contributed by atoms with E-state index in [1.165, 1.54) is 19.3 Å². The van der Waals surface area contributed by atoms with Crippen molar-refractivity contribution in [2.24, 2.45) is 5.41 Å². The normalized spacial score (nSPS) is 42.9. The lowest BCUT2D eigenvalue weighted by Gasteiger charge is -2.75. The standard InChI is InChI=1S/C11H21NO/c1-8(2)12-11-5-10(6-11,7-11)9(3,4)13/h8,12-13H,5-7H2,1-4H3. The third-order valence-electron chi connectivity index (χ3n) is 3.92. The maximum Gasteiger partial charge on any atom is 0.0649 e. The summed E-state index contributed by atoms with van der Waals surface area (Å²) in [6.45, 7) is 8.28. The van der Waals surface area contributed by atoms with Gasteiger partial charge in [0.05, 0.1) is 5.60 Å². The van der Waals surface area contributed by atoms with Crippen LogP contribution in [0.2, 0.25) is 0 Å². The lowest BCUT2D eigenvalue weighted by Crippen LogP contribution is -2.80. The molecule has 0 aliphatic heterocycles. The summed E-state index contributed by atoms with van der Waals surface area (Å²) in [6.07, 6.45) is 3.51. The van der Waals surface area contributed by atoms with Gasteiger partial charge in [0.25, 0.3) is 0 Å². The molecule has 3 aliphatic rings. The average molecular weight is 183 g/mol. The van der Waals surface area contributed by atoms with Gasteiger partial charge in [-0.15, -0.1) is 0 Å². The SMILES string of the molecule is CC(C)NC12CC(C(C)(C)O)(C1)C2. The molecule has 2 nitrogen and oxygen atoms in total. The monoisotopic (exact) mass is 183 g/mol. The van der Waals surface area contributed by atoms with Gasteiger partial charge >= 0.3 is 0 Å². The van der Waals surface area contributed by atoms with Crippen molar-refractivity contribution in [1.82, 2.24) is 5.32 Å². The van der Waals surface area contributed by atoms with Crippen molar-refractivity contribution in [1.29, 1.82) is 0 Å². The van der Waals surface area contributed by atoms with Gasteiger partial charge in [-0.25, -0.2) is 0 Å². The Morgan fingerprint density at radius 3 is 2.00 bits per heavy atom. The fourth-order valence-electron chi connectivity index (χ4n) is 3.20. The zero-order chi connectivity index (χ0) is 9.91. The van der Waals surface area contributed by atoms with Crippen LogP contribution < -0.4 is 5.32 Å². The quantitative estimate of drug-likeness (QED) is 0.697. The Labute approximate surface area is 80.7 Å². The predicted octanol–water partition coefficient (Wildman–Crippen LogP) is 1.68. The molecule has 3 fully saturated rings. The Kier molecular flexibility index (Phi) is 1.67. The van der Waals surface area contributed by atoms with E-state index in [2.05, 4.69) is 19.2 Å². The molecule has 2 N–H and O–H groups in total. The highest BCUT2D eigenvalue weighted by Crippen LogP contribution is 2.71. The van der Waals surface area contributed by atoms with Crippen LogP contribution in [-0.2, 0) is 0 Å². The second-order valence-corrected chi connectivity index (χ2v) is 5.95. The van der Waals surface area contributed by atoms with Gasteiger partial charge in [-0.05, 0) is 33.1 Å². The molecule has 0 heterocycles. The van der Waals surface area contributed by atoms with Crippen LogP contribution >= 0.6 is 0 Å². The van der Waals surface area contributed by atoms with Crippen LogP contribution in [0.3, 0.4) is 0 Å². The van der Waals surface area contributed by atoms with Crippen LogP contribution in [0.4, 0.5) is 0 Å². The van der Waals surface area contributed by atoms with E-state index in [1.54, 1.807) is 0 Å². The molecular weight excluding hydrogens is 162 g/mol. The van der Waals surface area contributed by atoms with Crippen molar-refractivity contribution in [3.63, 3.8) is 0 Å². The Morgan fingerprint density at radius 2 is 1.69 bits per heavy atom. The lowest BCUT2D eigenvalue weighted by atomic mass is 9.35. The van der Waals surface area contributed by atoms with E-state index in [1.807, 2.05) is 13.8 Å². The highest BCUT2D eigenvalue weighted by molar-refractivity contribution is 5.27. The molecule has 0 aromatic heterocycles. The molecule has 0 radical (unpaired) electrons. The largest absolute Gasteiger partial charge is 0.390 e. The molecule has 0 aromatic rings. The van der Waals surface area contributed by atoms with Crippen LogP contribution in [0.15, 0.2) is 0 Å². The first kappa shape index (κ1) is 9.47. The van der Waals surface area contributed by atoms with E-state index in [4.69, 9.17) is 0 Å². The van der Waals surface area contributed by atoms with E-state index in [9.17, 15) is 5.11 Å². The first-order valence-corrected chi connectivity index (χ1v) is 5.29. The molecule has 3 rings (SSSR count). The maximum absolute atomic E-state index is 9.96. The van der Waals surface area contributed by atoms with Crippen molar-refractivity contribution in [3.8, 4) is 0 Å². The van der Waals surface area contributed by atoms with Crippen molar-refractivity contribution in [3.05, 3.63) is 0 Å². The van der Waals surface area contributed by atoms with E-state index in [0.717, 1.165) is 0 Å². The van der Waals surface area contributed by atoms with E-state index in [-0.39, 0.29) is 5.41 Å². The second kappa shape index (κ2) is 2.29. The minimum atomic E-state index is -0.479. The smallest absolute Gasteiger partial charge is 0.0649 e. The van der Waals surface area contributed by atoms with Gasteiger partial charge < -0.3 is 10.4 Å². The summed E-state index contributed by atoms with van der Waals surface area (Å²) in [5.41, 5.74) is 0.163. The Morgan fingerprint density at radius 1 is 1.23 bits per heavy atom. The Balaban J connectivity index is 1.93. The van der Waals surface area contributed by atoms with Gasteiger partial charge in [-0.3, -0.25) is 0 Å². The minimum Gasteiger partial charge on any atom is -0.390 e. The van der Waals surface area contributed by atoms with Crippen LogP contribution in [0.5, 0.6) is 0 Å². The Hall–Kier alpha value is -0.0800. The van der Waals surface area contributed by atoms with Crippen LogP contribution in [-0.4, -0.2) is 22.3 Å². The molecule has 3 aliphatic carbocycles. The molecule has 0 saturated heterocycles. The third-order valence-corrected chi connectivity index (χ3v) is 3.92. The zero-order valence-electron chi connectivity index (χ0n) is 9.15. The number of hydrogen-bond acceptors (Lipinski definition) is 2. The van der Waals surface area contributed by atoms with Gasteiger partial charge in [0.1, 0.15) is 0 Å². The number of aliphatic hydroxyl groups is 1. The molecule has 0 amide bonds. The topological polar surface area (TPSA) is 32.3 Å². The van der Waals surface area contributed by atoms with Crippen LogP contribution in [0.1, 0.15) is 47.0 Å². The summed E-state index contributed by atoms with van der Waals surface area (Å²) >= 11 is 0. The molecule has 2 bridgehead atoms. The maximum atomic E-state index is 9.96. The van der Waals surface area contributed by atoms with Crippen molar-refractivity contribution < 1.29 is 5.11 Å². The van der Waals surface area contributed by atoms with Gasteiger partial charge in [0, 0.05) is 17.0 Å². The fourth-order valence-corrected chi connectivity index (χ4v) is 3.20. The highest BCUT2D eigenvalue weighted by Gasteiger charge is 2.72. The molecule has 76 valence electrons. The molecule has 0 atom stereocenters. The summed E-state index contributed by atoms with van der Waals surface area (Å²) in [5, 5.41) is 13.6. The van der Waals surface area contributed by atoms with Crippen LogP contribution in [0, 0.1) is 5.41 Å². The zero-order valence-corrected chi connectivity index (χ0v) is 9.15. The average Bonchev–Trinajstić information content (AvgIpc) is 1.70. The first-order chi connectivity index (χ1) is 5.79. The van der Waals surface area contributed by atoms with Crippen molar-refractivity contribution >= 4 is 0 Å². The van der Waals surface area contributed by atoms with Crippen LogP contribution in [0.25, 0.3) is 0 Å². The van der Waals surface area contributed by atoms with E-state index >= 15 is 0 Å². The second-order valence-electron chi connectivity index (χ2n) is 5.95. The summed E-state index contributed by atoms with van der Waals surface area (Å²) in [5.74, 6) is 0. The van der Waals surface area contributed by atoms with Gasteiger partial charge in [-0.1, -0.05) is 13.8 Å². The summed E-state index contributed by atoms with van der Waals surface area (Å²) < 4.78 is 0. The van der Waals surface area contributed by atoms with Gasteiger partial charge in [-0.2, -0.15) is 0 Å². The Bertz CT molecular complexity index is 207. The van der Waals surface area contributed by atoms with Gasteiger partial charge in [0.2, 0.25) is 0 Å². The molecule has 3 saturated carbocycles. The summed E-state index contributed by atoms with van der Waals surface area (Å²) in [4.78, 5) is 0. The minimum absolute atomic E-state index is 0.245. The molecular formula is C11H21NO. The molecule has 0 aromatic carbocycles. The number of nitrogens with one attached hydrogen (secondary N) is 1. The molecule has 2 heteroatoms. The van der Waals surface area contributed by atoms with E-state index in [0.29, 0.717) is 11.6 Å². The first-order valence-electron chi connectivity index (χ1n) is 5.29. The molecule has 13 heavy (non-hydrogen) atoms. The fraction of sp³-hybridized carbons (Fsp3) is 1.00. The van der Waals surface area contributed by atoms with Gasteiger partial charge in [0.15, 0.2) is 0 Å². The number of rotatable bonds is 3. The lowest BCUT2D eigenvalue weighted by molar-refractivity contribution is -0.253. The van der Waals surface area contributed by atoms with Crippen molar-refractivity contribution in [2.45, 2.75) is 64.1 Å². The summed E-state index contributed by atoms with van der Waals surface area (Å²) in [7, 11) is 0. The van der Waals surface area contributed by atoms with E-state index < -0.39 is 5.60 Å². The molecule has 0 spiro atoms.